The second kappa shape index (κ2) is 7.59. The van der Waals surface area contributed by atoms with E-state index in [9.17, 15) is 19.2 Å². The molecular weight excluding hydrogens is 489 g/mol. The predicted octanol–water partition coefficient (Wildman–Crippen LogP) is 5.00. The lowest BCUT2D eigenvalue weighted by molar-refractivity contribution is -0.127. The number of hydrogen-bond acceptors (Lipinski definition) is 5. The van der Waals surface area contributed by atoms with E-state index in [-0.39, 0.29) is 16.1 Å². The molecule has 174 valence electrons. The Hall–Kier alpha value is -3.32. The van der Waals surface area contributed by atoms with Crippen LogP contribution in [0.25, 0.3) is 0 Å². The number of fused-ring (bicyclic) bond motifs is 3. The van der Waals surface area contributed by atoms with Crippen molar-refractivity contribution in [3.63, 3.8) is 0 Å². The molecule has 0 N–H and O–H groups in total. The van der Waals surface area contributed by atoms with Crippen molar-refractivity contribution in [2.45, 2.75) is 18.6 Å². The van der Waals surface area contributed by atoms with Crippen LogP contribution in [0.3, 0.4) is 0 Å². The fraction of sp³-hybridized carbons (Fsp3) is 0.185. The lowest BCUT2D eigenvalue weighted by Crippen LogP contribution is -2.51. The summed E-state index contributed by atoms with van der Waals surface area (Å²) in [4.78, 5) is 56.3. The molecule has 1 aliphatic carbocycles. The van der Waals surface area contributed by atoms with Crippen LogP contribution in [0.2, 0.25) is 10.0 Å². The van der Waals surface area contributed by atoms with Gasteiger partial charge in [0.15, 0.2) is 0 Å². The summed E-state index contributed by atoms with van der Waals surface area (Å²) in [5.41, 5.74) is -0.189. The normalized spacial score (nSPS) is 24.4. The van der Waals surface area contributed by atoms with Crippen molar-refractivity contribution in [1.29, 1.82) is 0 Å². The molecule has 2 fully saturated rings. The summed E-state index contributed by atoms with van der Waals surface area (Å²) in [7, 11) is 0. The first kappa shape index (κ1) is 22.2. The van der Waals surface area contributed by atoms with E-state index in [2.05, 4.69) is 0 Å². The molecule has 0 bridgehead atoms. The number of Topliss-reactive ketones (excluding diaryl/α,β-unsaturated/α-hetero) is 2. The third kappa shape index (κ3) is 2.88. The molecule has 3 aromatic carbocycles. The van der Waals surface area contributed by atoms with E-state index in [1.807, 2.05) is 13.0 Å². The lowest BCUT2D eigenvalue weighted by Gasteiger charge is -2.27. The number of rotatable bonds is 2. The van der Waals surface area contributed by atoms with Gasteiger partial charge >= 0.3 is 0 Å². The molecule has 0 aromatic heterocycles. The summed E-state index contributed by atoms with van der Waals surface area (Å²) in [5, 5.41) is 0.585. The maximum atomic E-state index is 13.9. The zero-order chi connectivity index (χ0) is 24.6. The van der Waals surface area contributed by atoms with Crippen LogP contribution in [0.5, 0.6) is 0 Å². The molecule has 2 saturated heterocycles. The highest BCUT2D eigenvalue weighted by Crippen LogP contribution is 2.58. The van der Waals surface area contributed by atoms with Crippen molar-refractivity contribution in [1.82, 2.24) is 0 Å². The van der Waals surface area contributed by atoms with Gasteiger partial charge in [-0.25, -0.2) is 4.90 Å². The van der Waals surface area contributed by atoms with E-state index in [4.69, 9.17) is 27.9 Å². The Balaban J connectivity index is 1.57. The van der Waals surface area contributed by atoms with Gasteiger partial charge < -0.3 is 4.74 Å². The number of carbonyl (C=O) groups excluding carboxylic acids is 4. The number of ketones is 2. The van der Waals surface area contributed by atoms with Gasteiger partial charge in [-0.2, -0.15) is 0 Å². The molecule has 3 atom stereocenters. The quantitative estimate of drug-likeness (QED) is 0.361. The topological polar surface area (TPSA) is 80.8 Å². The molecule has 6 nitrogen and oxygen atoms in total. The number of carbonyl (C=O) groups is 4. The summed E-state index contributed by atoms with van der Waals surface area (Å²) in [6.07, 6.45) is -1.10. The number of hydrogen-bond donors (Lipinski definition) is 0. The molecular formula is C27H17Cl2NO5. The molecule has 2 amide bonds. The van der Waals surface area contributed by atoms with Crippen LogP contribution >= 0.6 is 23.2 Å². The molecule has 0 saturated carbocycles. The maximum absolute atomic E-state index is 13.9. The number of amides is 2. The van der Waals surface area contributed by atoms with Crippen molar-refractivity contribution in [3.05, 3.63) is 99.0 Å². The van der Waals surface area contributed by atoms with Crippen LogP contribution < -0.4 is 4.90 Å². The minimum absolute atomic E-state index is 0.174. The fourth-order valence-electron chi connectivity index (χ4n) is 5.55. The molecule has 0 unspecified atom stereocenters. The second-order valence-corrected chi connectivity index (χ2v) is 9.84. The van der Waals surface area contributed by atoms with Gasteiger partial charge in [0.05, 0.1) is 23.6 Å². The van der Waals surface area contributed by atoms with E-state index < -0.39 is 46.9 Å². The number of halogens is 2. The molecule has 8 heteroatoms. The number of benzene rings is 3. The van der Waals surface area contributed by atoms with E-state index in [0.29, 0.717) is 16.3 Å². The minimum Gasteiger partial charge on any atom is -0.349 e. The first-order chi connectivity index (χ1) is 16.8. The highest BCUT2D eigenvalue weighted by Gasteiger charge is 2.74. The molecule has 6 rings (SSSR count). The van der Waals surface area contributed by atoms with Gasteiger partial charge in [0.25, 0.3) is 0 Å². The summed E-state index contributed by atoms with van der Waals surface area (Å²) in [6, 6.07) is 18.0. The molecule has 3 aliphatic rings. The van der Waals surface area contributed by atoms with Crippen molar-refractivity contribution in [2.24, 2.45) is 11.8 Å². The zero-order valence-corrected chi connectivity index (χ0v) is 19.8. The number of ether oxygens (including phenoxy) is 1. The average molecular weight is 506 g/mol. The third-order valence-electron chi connectivity index (χ3n) is 7.05. The van der Waals surface area contributed by atoms with Gasteiger partial charge in [-0.15, -0.1) is 0 Å². The summed E-state index contributed by atoms with van der Waals surface area (Å²) in [6.45, 7) is 1.84. The monoisotopic (exact) mass is 505 g/mol. The Morgan fingerprint density at radius 1 is 0.829 bits per heavy atom. The average Bonchev–Trinajstić information content (AvgIpc) is 3.39. The molecule has 1 spiro atoms. The summed E-state index contributed by atoms with van der Waals surface area (Å²) < 4.78 is 6.24. The van der Waals surface area contributed by atoms with Gasteiger partial charge in [0.2, 0.25) is 29.0 Å². The smallest absolute Gasteiger partial charge is 0.241 e. The highest BCUT2D eigenvalue weighted by molar-refractivity contribution is 6.37. The first-order valence-electron chi connectivity index (χ1n) is 11.0. The van der Waals surface area contributed by atoms with Crippen molar-refractivity contribution < 1.29 is 23.9 Å². The maximum Gasteiger partial charge on any atom is 0.241 e. The standard InChI is InChI=1S/C27H17Cl2NO5/c1-13-5-4-6-15(11-13)30-25(33)20-21(26(30)34)27(23(31)16-7-2-3-8-17(16)24(27)32)35-22(20)18-10-9-14(28)12-19(18)29/h2-12,20-22H,1H3/t20-,21+,22+/m0/s1. The van der Waals surface area contributed by atoms with Gasteiger partial charge in [-0.05, 0) is 36.8 Å². The van der Waals surface area contributed by atoms with Crippen LogP contribution in [-0.2, 0) is 14.3 Å². The predicted molar refractivity (Wildman–Crippen MR) is 129 cm³/mol. The molecule has 2 heterocycles. The highest BCUT2D eigenvalue weighted by atomic mass is 35.5. The molecule has 35 heavy (non-hydrogen) atoms. The molecule has 0 radical (unpaired) electrons. The Kier molecular flexibility index (Phi) is 4.81. The van der Waals surface area contributed by atoms with Gasteiger partial charge in [-0.3, -0.25) is 19.2 Å². The number of imide groups is 1. The number of aryl methyl sites for hydroxylation is 1. The third-order valence-corrected chi connectivity index (χ3v) is 7.61. The minimum atomic E-state index is -2.15. The summed E-state index contributed by atoms with van der Waals surface area (Å²) >= 11 is 12.5. The van der Waals surface area contributed by atoms with Crippen molar-refractivity contribution >= 4 is 52.3 Å². The zero-order valence-electron chi connectivity index (χ0n) is 18.3. The van der Waals surface area contributed by atoms with Crippen LogP contribution in [0.15, 0.2) is 66.7 Å². The first-order valence-corrected chi connectivity index (χ1v) is 11.8. The Labute approximate surface area is 210 Å². The lowest BCUT2D eigenvalue weighted by atomic mass is 9.77. The Bertz CT molecular complexity index is 1450. The van der Waals surface area contributed by atoms with E-state index in [1.165, 1.54) is 18.2 Å². The van der Waals surface area contributed by atoms with Crippen LogP contribution in [-0.4, -0.2) is 29.0 Å². The van der Waals surface area contributed by atoms with Crippen LogP contribution in [0.4, 0.5) is 5.69 Å². The van der Waals surface area contributed by atoms with Gasteiger partial charge in [-0.1, -0.05) is 65.7 Å². The Morgan fingerprint density at radius 2 is 1.51 bits per heavy atom. The van der Waals surface area contributed by atoms with E-state index in [1.54, 1.807) is 42.5 Å². The van der Waals surface area contributed by atoms with Crippen LogP contribution in [0, 0.1) is 18.8 Å². The summed E-state index contributed by atoms with van der Waals surface area (Å²) in [5.74, 6) is -4.88. The fourth-order valence-corrected chi connectivity index (χ4v) is 6.07. The van der Waals surface area contributed by atoms with E-state index in [0.717, 1.165) is 10.5 Å². The number of nitrogens with zero attached hydrogens (tertiary/aromatic N) is 1. The molecule has 2 aliphatic heterocycles. The van der Waals surface area contributed by atoms with Gasteiger partial charge in [0, 0.05) is 26.7 Å². The Morgan fingerprint density at radius 3 is 2.14 bits per heavy atom. The number of anilines is 1. The van der Waals surface area contributed by atoms with Crippen molar-refractivity contribution in [2.75, 3.05) is 4.90 Å². The van der Waals surface area contributed by atoms with Gasteiger partial charge in [0.1, 0.15) is 0 Å². The van der Waals surface area contributed by atoms with Crippen LogP contribution in [0.1, 0.15) is 37.9 Å². The van der Waals surface area contributed by atoms with E-state index >= 15 is 0 Å². The largest absolute Gasteiger partial charge is 0.349 e. The second-order valence-electron chi connectivity index (χ2n) is 9.00. The van der Waals surface area contributed by atoms with Crippen molar-refractivity contribution in [3.8, 4) is 0 Å². The SMILES string of the molecule is Cc1cccc(N2C(=O)[C@@H]3[C@@H](c4ccc(Cl)cc4Cl)OC4(C(=O)c5ccccc5C4=O)[C@H]3C2=O)c1. The molecule has 3 aromatic rings.